The summed E-state index contributed by atoms with van der Waals surface area (Å²) in [7, 11) is 0. The second-order valence-corrected chi connectivity index (χ2v) is 2.72. The highest BCUT2D eigenvalue weighted by molar-refractivity contribution is 4.76. The summed E-state index contributed by atoms with van der Waals surface area (Å²) in [5.41, 5.74) is 3.79. The molecule has 2 N–H and O–H groups in total. The molecule has 0 saturated carbocycles. The van der Waals surface area contributed by atoms with Gasteiger partial charge in [0.25, 0.3) is 0 Å². The van der Waals surface area contributed by atoms with Gasteiger partial charge in [-0.2, -0.15) is 0 Å². The fourth-order valence-corrected chi connectivity index (χ4v) is 0.719. The van der Waals surface area contributed by atoms with Gasteiger partial charge in [-0.15, -0.1) is 5.10 Å². The maximum absolute atomic E-state index is 13.2. The predicted octanol–water partition coefficient (Wildman–Crippen LogP) is -0.0350. The number of rotatable bonds is 3. The normalized spacial score (nSPS) is 16.3. The monoisotopic (exact) mass is 158 g/mol. The summed E-state index contributed by atoms with van der Waals surface area (Å²) in [4.78, 5) is 0. The highest BCUT2D eigenvalue weighted by Gasteiger charge is 2.21. The molecule has 1 atom stereocenters. The molecule has 0 aliphatic carbocycles. The standard InChI is InChI=1S/C6H11FN4/c1-6(7,4-8)5-11-3-2-9-10-11/h2-3H,4-5,8H2,1H3. The lowest BCUT2D eigenvalue weighted by Crippen LogP contribution is -2.34. The van der Waals surface area contributed by atoms with E-state index in [1.165, 1.54) is 17.8 Å². The maximum atomic E-state index is 13.2. The van der Waals surface area contributed by atoms with Crippen molar-refractivity contribution in [3.05, 3.63) is 12.4 Å². The molecule has 5 heteroatoms. The molecular weight excluding hydrogens is 147 g/mol. The Hall–Kier alpha value is -0.970. The minimum Gasteiger partial charge on any atom is -0.327 e. The number of aromatic nitrogens is 3. The van der Waals surface area contributed by atoms with Gasteiger partial charge in [-0.3, -0.25) is 0 Å². The summed E-state index contributed by atoms with van der Waals surface area (Å²) >= 11 is 0. The van der Waals surface area contributed by atoms with Crippen molar-refractivity contribution in [1.82, 2.24) is 15.0 Å². The minimum atomic E-state index is -1.40. The van der Waals surface area contributed by atoms with Gasteiger partial charge in [0, 0.05) is 12.7 Å². The van der Waals surface area contributed by atoms with Gasteiger partial charge in [0.2, 0.25) is 0 Å². The zero-order chi connectivity index (χ0) is 8.32. The largest absolute Gasteiger partial charge is 0.327 e. The lowest BCUT2D eigenvalue weighted by molar-refractivity contribution is 0.163. The summed E-state index contributed by atoms with van der Waals surface area (Å²) < 4.78 is 14.6. The van der Waals surface area contributed by atoms with Crippen LogP contribution in [0.3, 0.4) is 0 Å². The molecule has 0 amide bonds. The van der Waals surface area contributed by atoms with Gasteiger partial charge in [0.15, 0.2) is 0 Å². The highest BCUT2D eigenvalue weighted by Crippen LogP contribution is 2.09. The van der Waals surface area contributed by atoms with Crippen LogP contribution < -0.4 is 5.73 Å². The molecular formula is C6H11FN4. The van der Waals surface area contributed by atoms with Crippen molar-refractivity contribution >= 4 is 0 Å². The van der Waals surface area contributed by atoms with Gasteiger partial charge in [0.1, 0.15) is 5.67 Å². The average Bonchev–Trinajstić information content (AvgIpc) is 2.39. The molecule has 1 rings (SSSR count). The van der Waals surface area contributed by atoms with E-state index in [0.29, 0.717) is 0 Å². The van der Waals surface area contributed by atoms with Crippen LogP contribution in [0.5, 0.6) is 0 Å². The van der Waals surface area contributed by atoms with E-state index in [4.69, 9.17) is 5.73 Å². The molecule has 0 aliphatic rings. The smallest absolute Gasteiger partial charge is 0.139 e. The molecule has 1 aromatic rings. The maximum Gasteiger partial charge on any atom is 0.139 e. The molecule has 1 heterocycles. The first-order valence-electron chi connectivity index (χ1n) is 3.37. The fraction of sp³-hybridized carbons (Fsp3) is 0.667. The quantitative estimate of drug-likeness (QED) is 0.671. The first-order chi connectivity index (χ1) is 5.14. The molecule has 0 fully saturated rings. The first-order valence-corrected chi connectivity index (χ1v) is 3.37. The summed E-state index contributed by atoms with van der Waals surface area (Å²) in [6.07, 6.45) is 3.11. The van der Waals surface area contributed by atoms with Gasteiger partial charge < -0.3 is 5.73 Å². The van der Waals surface area contributed by atoms with Crippen molar-refractivity contribution in [1.29, 1.82) is 0 Å². The Kier molecular flexibility index (Phi) is 2.19. The van der Waals surface area contributed by atoms with E-state index in [9.17, 15) is 4.39 Å². The Balaban J connectivity index is 2.56. The number of hydrogen-bond acceptors (Lipinski definition) is 3. The van der Waals surface area contributed by atoms with E-state index in [0.717, 1.165) is 0 Å². The van der Waals surface area contributed by atoms with Crippen LogP contribution >= 0.6 is 0 Å². The van der Waals surface area contributed by atoms with Crippen LogP contribution in [0.25, 0.3) is 0 Å². The summed E-state index contributed by atoms with van der Waals surface area (Å²) in [5, 5.41) is 7.17. The number of hydrogen-bond donors (Lipinski definition) is 1. The van der Waals surface area contributed by atoms with Crippen LogP contribution in [0, 0.1) is 0 Å². The third kappa shape index (κ3) is 2.27. The molecule has 1 aromatic heterocycles. The van der Waals surface area contributed by atoms with Gasteiger partial charge in [-0.25, -0.2) is 9.07 Å². The Morgan fingerprint density at radius 1 is 1.73 bits per heavy atom. The second kappa shape index (κ2) is 2.96. The van der Waals surface area contributed by atoms with Crippen molar-refractivity contribution in [3.63, 3.8) is 0 Å². The molecule has 0 aliphatic heterocycles. The SMILES string of the molecule is CC(F)(CN)Cn1ccnn1. The zero-order valence-electron chi connectivity index (χ0n) is 6.37. The molecule has 0 saturated heterocycles. The minimum absolute atomic E-state index is 0.00708. The Bertz CT molecular complexity index is 206. The van der Waals surface area contributed by atoms with E-state index < -0.39 is 5.67 Å². The zero-order valence-corrected chi connectivity index (χ0v) is 6.37. The van der Waals surface area contributed by atoms with E-state index >= 15 is 0 Å². The molecule has 0 radical (unpaired) electrons. The molecule has 0 spiro atoms. The lowest BCUT2D eigenvalue weighted by atomic mass is 10.1. The number of alkyl halides is 1. The molecule has 0 aromatic carbocycles. The van der Waals surface area contributed by atoms with Gasteiger partial charge in [-0.05, 0) is 6.92 Å². The van der Waals surface area contributed by atoms with E-state index in [-0.39, 0.29) is 13.1 Å². The fourth-order valence-electron chi connectivity index (χ4n) is 0.719. The second-order valence-electron chi connectivity index (χ2n) is 2.72. The van der Waals surface area contributed by atoms with E-state index in [1.54, 1.807) is 6.20 Å². The third-order valence-electron chi connectivity index (χ3n) is 1.39. The van der Waals surface area contributed by atoms with Crippen molar-refractivity contribution in [2.75, 3.05) is 6.54 Å². The molecule has 4 nitrogen and oxygen atoms in total. The van der Waals surface area contributed by atoms with Crippen LogP contribution in [0.4, 0.5) is 4.39 Å². The van der Waals surface area contributed by atoms with Crippen LogP contribution in [-0.4, -0.2) is 27.2 Å². The number of nitrogens with two attached hydrogens (primary N) is 1. The average molecular weight is 158 g/mol. The Morgan fingerprint density at radius 3 is 2.91 bits per heavy atom. The highest BCUT2D eigenvalue weighted by atomic mass is 19.1. The molecule has 1 unspecified atom stereocenters. The third-order valence-corrected chi connectivity index (χ3v) is 1.39. The van der Waals surface area contributed by atoms with Crippen LogP contribution in [0.1, 0.15) is 6.92 Å². The molecule has 11 heavy (non-hydrogen) atoms. The Labute approximate surface area is 64.2 Å². The van der Waals surface area contributed by atoms with Gasteiger partial charge in [-0.1, -0.05) is 5.21 Å². The van der Waals surface area contributed by atoms with E-state index in [2.05, 4.69) is 10.3 Å². The van der Waals surface area contributed by atoms with Crippen molar-refractivity contribution in [3.8, 4) is 0 Å². The summed E-state index contributed by atoms with van der Waals surface area (Å²) in [5.74, 6) is 0. The topological polar surface area (TPSA) is 56.7 Å². The number of nitrogens with zero attached hydrogens (tertiary/aromatic N) is 3. The van der Waals surface area contributed by atoms with Crippen molar-refractivity contribution < 1.29 is 4.39 Å². The van der Waals surface area contributed by atoms with Crippen molar-refractivity contribution in [2.45, 2.75) is 19.1 Å². The van der Waals surface area contributed by atoms with Crippen LogP contribution in [0.15, 0.2) is 12.4 Å². The summed E-state index contributed by atoms with van der Waals surface area (Å²) in [6.45, 7) is 1.59. The first kappa shape index (κ1) is 8.13. The van der Waals surface area contributed by atoms with Crippen molar-refractivity contribution in [2.24, 2.45) is 5.73 Å². The number of halogens is 1. The lowest BCUT2D eigenvalue weighted by Gasteiger charge is -2.16. The van der Waals surface area contributed by atoms with Gasteiger partial charge >= 0.3 is 0 Å². The van der Waals surface area contributed by atoms with Gasteiger partial charge in [0.05, 0.1) is 12.7 Å². The van der Waals surface area contributed by atoms with E-state index in [1.807, 2.05) is 0 Å². The summed E-state index contributed by atoms with van der Waals surface area (Å²) in [6, 6.07) is 0. The molecule has 62 valence electrons. The predicted molar refractivity (Wildman–Crippen MR) is 38.6 cm³/mol. The van der Waals surface area contributed by atoms with Crippen LogP contribution in [0.2, 0.25) is 0 Å². The van der Waals surface area contributed by atoms with Crippen LogP contribution in [-0.2, 0) is 6.54 Å². The molecule has 0 bridgehead atoms. The Morgan fingerprint density at radius 2 is 2.45 bits per heavy atom.